The molecular formula is C54H88O22. The molecule has 0 aromatic heterocycles. The van der Waals surface area contributed by atoms with Crippen LogP contribution in [0.15, 0.2) is 11.6 Å². The molecule has 0 spiro atoms. The monoisotopic (exact) mass is 1090 g/mol. The van der Waals surface area contributed by atoms with Crippen molar-refractivity contribution in [1.29, 1.82) is 0 Å². The molecule has 436 valence electrons. The molecule has 0 aromatic rings. The molecule has 8 aliphatic rings. The van der Waals surface area contributed by atoms with E-state index in [1.165, 1.54) is 6.92 Å². The van der Waals surface area contributed by atoms with Gasteiger partial charge in [0.2, 0.25) is 0 Å². The van der Waals surface area contributed by atoms with Crippen molar-refractivity contribution in [1.82, 2.24) is 0 Å². The zero-order valence-corrected chi connectivity index (χ0v) is 45.6. The van der Waals surface area contributed by atoms with Gasteiger partial charge in [0.05, 0.1) is 56.1 Å². The lowest BCUT2D eigenvalue weighted by Gasteiger charge is -2.73. The number of rotatable bonds is 13. The standard InChI is InChI=1S/C54H88O22/c1-11-23(2)45(68)76-43-44(71-24(3)57)54(22-56)26(18-49(43,4)5)25-12-13-31-51(8)16-15-32(50(6,7)30(51)14-17-52(31,9)53(25,10)41(66)42(54)67)74-48-40(75-47-39(65)36(62)34(60)28(19-55)72-47)37(63)35(61)29(73-48)21-70-46-38(64)33(59)27(58)20-69-46/h12,23,26-44,46-48,55-56,58-67H,11,13-22H2,1-10H3/t23?,26-,27-,28+,29+,30-,31+,32-,33-,34+,35+,36-,37-,38+,39+,40+,41-,42+,43-,44-,46-,47-,48-,51-,52+,53-,54-/m0/s1. The molecule has 3 aliphatic heterocycles. The number of ether oxygens (including phenoxy) is 8. The third-order valence-electron chi connectivity index (χ3n) is 20.9. The van der Waals surface area contributed by atoms with E-state index in [1.807, 2.05) is 27.7 Å². The largest absolute Gasteiger partial charge is 0.458 e. The molecule has 22 heteroatoms. The van der Waals surface area contributed by atoms with Crippen LogP contribution in [0.4, 0.5) is 0 Å². The van der Waals surface area contributed by atoms with Gasteiger partial charge >= 0.3 is 11.9 Å². The van der Waals surface area contributed by atoms with Gasteiger partial charge in [-0.3, -0.25) is 9.59 Å². The van der Waals surface area contributed by atoms with E-state index in [4.69, 9.17) is 37.9 Å². The van der Waals surface area contributed by atoms with Crippen molar-refractivity contribution in [2.75, 3.05) is 26.4 Å². The summed E-state index contributed by atoms with van der Waals surface area (Å²) in [5.41, 5.74) is -4.40. The predicted octanol–water partition coefficient (Wildman–Crippen LogP) is -0.696. The maximum atomic E-state index is 13.5. The fraction of sp³-hybridized carbons (Fsp3) is 0.926. The fourth-order valence-electron chi connectivity index (χ4n) is 16.0. The van der Waals surface area contributed by atoms with Crippen LogP contribution in [0.3, 0.4) is 0 Å². The Labute approximate surface area is 444 Å². The quantitative estimate of drug-likeness (QED) is 0.0617. The van der Waals surface area contributed by atoms with Crippen molar-refractivity contribution in [3.8, 4) is 0 Å². The maximum Gasteiger partial charge on any atom is 0.309 e. The van der Waals surface area contributed by atoms with E-state index in [0.717, 1.165) is 5.57 Å². The molecule has 12 N–H and O–H groups in total. The molecular weight excluding hydrogens is 1000 g/mol. The number of aliphatic hydroxyl groups excluding tert-OH is 12. The van der Waals surface area contributed by atoms with Gasteiger partial charge in [-0.05, 0) is 78.9 Å². The third-order valence-corrected chi connectivity index (χ3v) is 20.9. The van der Waals surface area contributed by atoms with Gasteiger partial charge in [-0.15, -0.1) is 0 Å². The summed E-state index contributed by atoms with van der Waals surface area (Å²) < 4.78 is 48.5. The normalized spacial score (nSPS) is 51.2. The second-order valence-corrected chi connectivity index (χ2v) is 25.7. The average Bonchev–Trinajstić information content (AvgIpc) is 3.36. The first kappa shape index (κ1) is 60.1. The summed E-state index contributed by atoms with van der Waals surface area (Å²) in [6.07, 6.45) is -23.1. The van der Waals surface area contributed by atoms with Gasteiger partial charge in [-0.1, -0.05) is 74.0 Å². The van der Waals surface area contributed by atoms with Crippen LogP contribution >= 0.6 is 0 Å². The van der Waals surface area contributed by atoms with Crippen LogP contribution in [-0.2, 0) is 47.5 Å². The smallest absolute Gasteiger partial charge is 0.309 e. The molecule has 1 unspecified atom stereocenters. The molecule has 5 aliphatic carbocycles. The Hall–Kier alpha value is -2.04. The van der Waals surface area contributed by atoms with Gasteiger partial charge in [-0.25, -0.2) is 0 Å². The van der Waals surface area contributed by atoms with Crippen LogP contribution in [0.25, 0.3) is 0 Å². The highest BCUT2D eigenvalue weighted by molar-refractivity contribution is 5.72. The molecule has 0 radical (unpaired) electrons. The summed E-state index contributed by atoms with van der Waals surface area (Å²) in [6, 6.07) is 0. The van der Waals surface area contributed by atoms with E-state index < -0.39 is 193 Å². The molecule has 76 heavy (non-hydrogen) atoms. The minimum atomic E-state index is -1.88. The number of allylic oxidation sites excluding steroid dienone is 1. The summed E-state index contributed by atoms with van der Waals surface area (Å²) in [5.74, 6) is -2.38. The summed E-state index contributed by atoms with van der Waals surface area (Å²) in [7, 11) is 0. The topological polar surface area (TPSA) is 351 Å². The number of esters is 2. The lowest BCUT2D eigenvalue weighted by atomic mass is 9.32. The minimum absolute atomic E-state index is 0.0600. The highest BCUT2D eigenvalue weighted by Gasteiger charge is 2.76. The van der Waals surface area contributed by atoms with Gasteiger partial charge in [0.15, 0.2) is 25.0 Å². The van der Waals surface area contributed by atoms with Crippen LogP contribution in [0.5, 0.6) is 0 Å². The van der Waals surface area contributed by atoms with Crippen molar-refractivity contribution in [2.45, 2.75) is 231 Å². The molecule has 3 heterocycles. The third kappa shape index (κ3) is 9.44. The van der Waals surface area contributed by atoms with Crippen LogP contribution in [-0.4, -0.2) is 216 Å². The fourth-order valence-corrected chi connectivity index (χ4v) is 16.0. The van der Waals surface area contributed by atoms with Crippen molar-refractivity contribution in [2.24, 2.45) is 56.2 Å². The zero-order chi connectivity index (χ0) is 56.2. The van der Waals surface area contributed by atoms with Gasteiger partial charge in [0, 0.05) is 17.8 Å². The summed E-state index contributed by atoms with van der Waals surface area (Å²) >= 11 is 0. The highest BCUT2D eigenvalue weighted by Crippen LogP contribution is 2.76. The Morgan fingerprint density at radius 3 is 2.00 bits per heavy atom. The minimum Gasteiger partial charge on any atom is -0.458 e. The predicted molar refractivity (Wildman–Crippen MR) is 262 cm³/mol. The van der Waals surface area contributed by atoms with Gasteiger partial charge < -0.3 is 99.2 Å². The van der Waals surface area contributed by atoms with E-state index in [0.29, 0.717) is 44.9 Å². The summed E-state index contributed by atoms with van der Waals surface area (Å²) in [6.45, 7) is 17.0. The highest BCUT2D eigenvalue weighted by atomic mass is 16.8. The first-order chi connectivity index (χ1) is 35.4. The number of fused-ring (bicyclic) bond motifs is 7. The number of aliphatic hydroxyl groups is 12. The summed E-state index contributed by atoms with van der Waals surface area (Å²) in [4.78, 5) is 26.5. The molecule has 3 saturated heterocycles. The molecule has 27 atom stereocenters. The second-order valence-electron chi connectivity index (χ2n) is 25.7. The Kier molecular flexibility index (Phi) is 17.1. The van der Waals surface area contributed by atoms with E-state index >= 15 is 0 Å². The number of hydrogen-bond acceptors (Lipinski definition) is 22. The van der Waals surface area contributed by atoms with E-state index in [2.05, 4.69) is 33.8 Å². The van der Waals surface area contributed by atoms with Crippen LogP contribution in [0.2, 0.25) is 0 Å². The molecule has 4 saturated carbocycles. The molecule has 8 rings (SSSR count). The number of carbonyl (C=O) groups is 2. The van der Waals surface area contributed by atoms with Crippen LogP contribution in [0.1, 0.15) is 114 Å². The molecule has 0 bridgehead atoms. The van der Waals surface area contributed by atoms with Crippen LogP contribution < -0.4 is 0 Å². The lowest BCUT2D eigenvalue weighted by Crippen LogP contribution is -2.76. The molecule has 0 aromatic carbocycles. The Morgan fingerprint density at radius 1 is 0.724 bits per heavy atom. The van der Waals surface area contributed by atoms with Crippen molar-refractivity contribution >= 4 is 11.9 Å². The van der Waals surface area contributed by atoms with Crippen molar-refractivity contribution < 1.29 is 109 Å². The van der Waals surface area contributed by atoms with Crippen LogP contribution in [0, 0.1) is 56.2 Å². The molecule has 0 amide bonds. The zero-order valence-electron chi connectivity index (χ0n) is 45.6. The number of hydrogen-bond donors (Lipinski definition) is 12. The maximum absolute atomic E-state index is 13.5. The number of carbonyl (C=O) groups excluding carboxylic acids is 2. The van der Waals surface area contributed by atoms with Crippen molar-refractivity contribution in [3.05, 3.63) is 11.6 Å². The summed E-state index contributed by atoms with van der Waals surface area (Å²) in [5, 5.41) is 134. The SMILES string of the molecule is CCC(C)C(=O)O[C@H]1[C@H](OC(C)=O)[C@]2(CO)[C@H](O)[C@H](O)[C@]3(C)C(=CC[C@@H]4[C@@]5(C)CC[C@H](O[C@@H]6O[C@H](CO[C@@H]7OC[C@H](O)[C@H](O)[C@H]7O)[C@@H](O)[C@H](O)[C@H]6O[C@@H]6O[C@H](CO)[C@@H](O)[C@H](O)[C@H]6O)C(C)(C)[C@@H]5CC[C@]43C)[C@@H]2CC1(C)C. The van der Waals surface area contributed by atoms with Gasteiger partial charge in [0.25, 0.3) is 0 Å². The molecule has 7 fully saturated rings. The first-order valence-electron chi connectivity index (χ1n) is 27.4. The molecule has 22 nitrogen and oxygen atoms in total. The van der Waals surface area contributed by atoms with E-state index in [-0.39, 0.29) is 18.4 Å². The Bertz CT molecular complexity index is 2110. The Balaban J connectivity index is 1.09. The van der Waals surface area contributed by atoms with Gasteiger partial charge in [-0.2, -0.15) is 0 Å². The van der Waals surface area contributed by atoms with E-state index in [1.54, 1.807) is 6.92 Å². The lowest BCUT2D eigenvalue weighted by molar-refractivity contribution is -0.381. The van der Waals surface area contributed by atoms with E-state index in [9.17, 15) is 70.9 Å². The first-order valence-corrected chi connectivity index (χ1v) is 27.4. The second kappa shape index (κ2) is 21.7. The Morgan fingerprint density at radius 2 is 1.37 bits per heavy atom. The van der Waals surface area contributed by atoms with Crippen molar-refractivity contribution in [3.63, 3.8) is 0 Å². The van der Waals surface area contributed by atoms with Gasteiger partial charge in [0.1, 0.15) is 73.2 Å². The average molecular weight is 1090 g/mol.